The second-order valence-corrected chi connectivity index (χ2v) is 5.90. The van der Waals surface area contributed by atoms with Crippen molar-refractivity contribution >= 4 is 11.9 Å². The number of carbonyl (C=O) groups is 2. The second kappa shape index (κ2) is 5.35. The van der Waals surface area contributed by atoms with E-state index in [0.29, 0.717) is 0 Å². The van der Waals surface area contributed by atoms with Crippen LogP contribution in [0.2, 0.25) is 0 Å². The van der Waals surface area contributed by atoms with E-state index in [2.05, 4.69) is 4.98 Å². The molecule has 1 amide bonds. The highest BCUT2D eigenvalue weighted by Crippen LogP contribution is 2.41. The summed E-state index contributed by atoms with van der Waals surface area (Å²) in [5, 5.41) is 18.7. The summed E-state index contributed by atoms with van der Waals surface area (Å²) in [6.45, 7) is 0. The third-order valence-corrected chi connectivity index (χ3v) is 4.52. The number of amides is 1. The quantitative estimate of drug-likeness (QED) is 0.883. The molecule has 3 heterocycles. The lowest BCUT2D eigenvalue weighted by atomic mass is 9.88. The smallest absolute Gasteiger partial charge is 0.303 e. The number of rotatable bonds is 3. The van der Waals surface area contributed by atoms with Crippen LogP contribution in [0.1, 0.15) is 42.6 Å². The Morgan fingerprint density at radius 2 is 1.95 bits per heavy atom. The van der Waals surface area contributed by atoms with Gasteiger partial charge in [0.05, 0.1) is 0 Å². The van der Waals surface area contributed by atoms with Crippen LogP contribution in [0.25, 0.3) is 0 Å². The van der Waals surface area contributed by atoms with Gasteiger partial charge in [0, 0.05) is 24.7 Å². The molecule has 6 nitrogen and oxygen atoms in total. The topological polar surface area (TPSA) is 90.7 Å². The van der Waals surface area contributed by atoms with E-state index < -0.39 is 5.97 Å². The van der Waals surface area contributed by atoms with Crippen LogP contribution in [-0.4, -0.2) is 44.1 Å². The molecule has 2 aliphatic heterocycles. The molecule has 0 radical (unpaired) electrons. The lowest BCUT2D eigenvalue weighted by molar-refractivity contribution is -0.138. The molecule has 2 saturated heterocycles. The predicted octanol–water partition coefficient (Wildman–Crippen LogP) is 1.65. The molecular weight excluding hydrogens is 272 g/mol. The van der Waals surface area contributed by atoms with E-state index in [1.165, 1.54) is 12.3 Å². The lowest BCUT2D eigenvalue weighted by Crippen LogP contribution is -2.47. The summed E-state index contributed by atoms with van der Waals surface area (Å²) in [4.78, 5) is 29.2. The number of carbonyl (C=O) groups excluding carboxylic acids is 1. The van der Waals surface area contributed by atoms with Gasteiger partial charge in [0.25, 0.3) is 5.91 Å². The Morgan fingerprint density at radius 3 is 2.52 bits per heavy atom. The van der Waals surface area contributed by atoms with Crippen molar-refractivity contribution in [3.8, 4) is 5.75 Å². The molecule has 2 bridgehead atoms. The summed E-state index contributed by atoms with van der Waals surface area (Å²) in [5.74, 6) is -0.980. The Balaban J connectivity index is 1.78. The van der Waals surface area contributed by atoms with Gasteiger partial charge in [-0.05, 0) is 43.7 Å². The number of aromatic nitrogens is 1. The Morgan fingerprint density at radius 1 is 1.29 bits per heavy atom. The molecule has 1 aromatic heterocycles. The summed E-state index contributed by atoms with van der Waals surface area (Å²) in [6.07, 6.45) is 4.92. The van der Waals surface area contributed by atoms with Crippen LogP contribution in [0, 0.1) is 5.92 Å². The van der Waals surface area contributed by atoms with Gasteiger partial charge >= 0.3 is 5.97 Å². The zero-order valence-corrected chi connectivity index (χ0v) is 11.6. The van der Waals surface area contributed by atoms with Gasteiger partial charge < -0.3 is 15.1 Å². The van der Waals surface area contributed by atoms with E-state index in [4.69, 9.17) is 5.11 Å². The Bertz CT molecular complexity index is 561. The molecule has 2 aliphatic rings. The highest BCUT2D eigenvalue weighted by Gasteiger charge is 2.44. The van der Waals surface area contributed by atoms with Gasteiger partial charge in [0.2, 0.25) is 0 Å². The largest absolute Gasteiger partial charge is 0.505 e. The van der Waals surface area contributed by atoms with Crippen molar-refractivity contribution in [1.82, 2.24) is 9.88 Å². The van der Waals surface area contributed by atoms with E-state index >= 15 is 0 Å². The minimum atomic E-state index is -0.776. The average molecular weight is 290 g/mol. The van der Waals surface area contributed by atoms with Crippen molar-refractivity contribution in [2.24, 2.45) is 5.92 Å². The molecule has 21 heavy (non-hydrogen) atoms. The predicted molar refractivity (Wildman–Crippen MR) is 73.9 cm³/mol. The minimum Gasteiger partial charge on any atom is -0.505 e. The Labute approximate surface area is 122 Å². The third-order valence-electron chi connectivity index (χ3n) is 4.52. The molecule has 2 unspecified atom stereocenters. The van der Waals surface area contributed by atoms with E-state index in [-0.39, 0.29) is 41.8 Å². The molecule has 2 fully saturated rings. The summed E-state index contributed by atoms with van der Waals surface area (Å²) in [7, 11) is 0. The van der Waals surface area contributed by atoms with Crippen molar-refractivity contribution in [2.45, 2.75) is 44.2 Å². The third kappa shape index (κ3) is 2.57. The number of carboxylic acid groups (broad SMARTS) is 1. The molecule has 0 saturated carbocycles. The van der Waals surface area contributed by atoms with E-state index in [0.717, 1.165) is 25.7 Å². The zero-order chi connectivity index (χ0) is 15.0. The molecule has 6 heteroatoms. The Kier molecular flexibility index (Phi) is 3.53. The number of pyridine rings is 1. The minimum absolute atomic E-state index is 0.0713. The van der Waals surface area contributed by atoms with Crippen LogP contribution < -0.4 is 0 Å². The number of nitrogens with zero attached hydrogens (tertiary/aromatic N) is 2. The van der Waals surface area contributed by atoms with Crippen LogP contribution in [0.5, 0.6) is 5.75 Å². The van der Waals surface area contributed by atoms with Crippen molar-refractivity contribution in [2.75, 3.05) is 0 Å². The van der Waals surface area contributed by atoms with Gasteiger partial charge in [-0.3, -0.25) is 9.59 Å². The van der Waals surface area contributed by atoms with E-state index in [9.17, 15) is 14.7 Å². The number of hydrogen-bond donors (Lipinski definition) is 2. The average Bonchev–Trinajstić information content (AvgIpc) is 2.69. The lowest BCUT2D eigenvalue weighted by Gasteiger charge is -2.38. The monoisotopic (exact) mass is 290 g/mol. The maximum atomic E-state index is 12.6. The fourth-order valence-corrected chi connectivity index (χ4v) is 3.72. The molecular formula is C15H18N2O4. The van der Waals surface area contributed by atoms with Gasteiger partial charge in [0.1, 0.15) is 5.75 Å². The van der Waals surface area contributed by atoms with Crippen LogP contribution in [0.4, 0.5) is 0 Å². The first-order chi connectivity index (χ1) is 10.1. The number of fused-ring (bicyclic) bond motifs is 2. The number of aromatic hydroxyl groups is 1. The number of aliphatic carboxylic acids is 1. The molecule has 0 aliphatic carbocycles. The molecule has 0 spiro atoms. The summed E-state index contributed by atoms with van der Waals surface area (Å²) in [6, 6.07) is 3.18. The number of carboxylic acids is 1. The highest BCUT2D eigenvalue weighted by molar-refractivity contribution is 5.95. The summed E-state index contributed by atoms with van der Waals surface area (Å²) < 4.78 is 0. The van der Waals surface area contributed by atoms with Gasteiger partial charge in [-0.1, -0.05) is 0 Å². The van der Waals surface area contributed by atoms with E-state index in [1.54, 1.807) is 11.0 Å². The molecule has 0 aromatic carbocycles. The second-order valence-electron chi connectivity index (χ2n) is 5.90. The standard InChI is InChI=1S/C15H18N2O4/c18-12-2-1-5-16-14(12)15(21)17-10-3-4-11(17)7-9(6-10)8-13(19)20/h1-2,5,9-11,18H,3-4,6-8H2,(H,19,20). The van der Waals surface area contributed by atoms with Gasteiger partial charge in [0.15, 0.2) is 5.69 Å². The van der Waals surface area contributed by atoms with Crippen LogP contribution in [0.3, 0.4) is 0 Å². The molecule has 112 valence electrons. The Hall–Kier alpha value is -2.11. The number of hydrogen-bond acceptors (Lipinski definition) is 4. The van der Waals surface area contributed by atoms with E-state index in [1.807, 2.05) is 0 Å². The SMILES string of the molecule is O=C(O)CC1CC2CCC(C1)N2C(=O)c1ncccc1O. The fraction of sp³-hybridized carbons (Fsp3) is 0.533. The maximum Gasteiger partial charge on any atom is 0.303 e. The molecule has 3 rings (SSSR count). The normalized spacial score (nSPS) is 27.6. The molecule has 2 atom stereocenters. The molecule has 1 aromatic rings. The van der Waals surface area contributed by atoms with Gasteiger partial charge in [-0.15, -0.1) is 0 Å². The first kappa shape index (κ1) is 13.9. The van der Waals surface area contributed by atoms with Crippen molar-refractivity contribution < 1.29 is 19.8 Å². The molecule has 2 N–H and O–H groups in total. The first-order valence-electron chi connectivity index (χ1n) is 7.24. The van der Waals surface area contributed by atoms with Crippen LogP contribution >= 0.6 is 0 Å². The summed E-state index contributed by atoms with van der Waals surface area (Å²) in [5.41, 5.74) is 0.0890. The highest BCUT2D eigenvalue weighted by atomic mass is 16.4. The van der Waals surface area contributed by atoms with Crippen LogP contribution in [-0.2, 0) is 4.79 Å². The van der Waals surface area contributed by atoms with Gasteiger partial charge in [-0.2, -0.15) is 0 Å². The van der Waals surface area contributed by atoms with Crippen molar-refractivity contribution in [3.05, 3.63) is 24.0 Å². The fourth-order valence-electron chi connectivity index (χ4n) is 3.72. The summed E-state index contributed by atoms with van der Waals surface area (Å²) >= 11 is 0. The number of piperidine rings is 1. The van der Waals surface area contributed by atoms with Crippen molar-refractivity contribution in [3.63, 3.8) is 0 Å². The van der Waals surface area contributed by atoms with Crippen LogP contribution in [0.15, 0.2) is 18.3 Å². The van der Waals surface area contributed by atoms with Crippen molar-refractivity contribution in [1.29, 1.82) is 0 Å². The maximum absolute atomic E-state index is 12.6. The van der Waals surface area contributed by atoms with Gasteiger partial charge in [-0.25, -0.2) is 4.98 Å². The first-order valence-corrected chi connectivity index (χ1v) is 7.24. The zero-order valence-electron chi connectivity index (χ0n) is 11.6.